The molecule has 1 heterocycles. The molecule has 0 N–H and O–H groups in total. The molecule has 0 aliphatic heterocycles. The SMILES string of the molecule is O=c1ncc(I)cn1Cc1ccccc1. The molecule has 3 nitrogen and oxygen atoms in total. The van der Waals surface area contributed by atoms with Crippen molar-refractivity contribution in [1.29, 1.82) is 0 Å². The summed E-state index contributed by atoms with van der Waals surface area (Å²) in [4.78, 5) is 15.2. The molecule has 2 aromatic rings. The highest BCUT2D eigenvalue weighted by atomic mass is 127. The Morgan fingerprint density at radius 3 is 2.73 bits per heavy atom. The minimum absolute atomic E-state index is 0.209. The first-order valence-corrected chi connectivity index (χ1v) is 5.59. The van der Waals surface area contributed by atoms with E-state index < -0.39 is 0 Å². The molecule has 0 saturated heterocycles. The molecule has 0 atom stereocenters. The van der Waals surface area contributed by atoms with Gasteiger partial charge in [-0.05, 0) is 28.2 Å². The third-order valence-corrected chi connectivity index (χ3v) is 2.58. The zero-order chi connectivity index (χ0) is 10.7. The van der Waals surface area contributed by atoms with Gasteiger partial charge in [-0.3, -0.25) is 4.57 Å². The van der Waals surface area contributed by atoms with Gasteiger partial charge < -0.3 is 0 Å². The summed E-state index contributed by atoms with van der Waals surface area (Å²) in [7, 11) is 0. The average molecular weight is 312 g/mol. The molecule has 0 aliphatic carbocycles. The molecule has 0 unspecified atom stereocenters. The molecule has 0 radical (unpaired) electrons. The Labute approximate surface area is 101 Å². The normalized spacial score (nSPS) is 10.2. The smallest absolute Gasteiger partial charge is 0.294 e. The van der Waals surface area contributed by atoms with Crippen molar-refractivity contribution in [2.45, 2.75) is 6.54 Å². The molecule has 4 heteroatoms. The van der Waals surface area contributed by atoms with Gasteiger partial charge in [0.25, 0.3) is 0 Å². The second kappa shape index (κ2) is 4.57. The van der Waals surface area contributed by atoms with Gasteiger partial charge in [0.05, 0.1) is 6.54 Å². The highest BCUT2D eigenvalue weighted by Crippen LogP contribution is 2.02. The predicted molar refractivity (Wildman–Crippen MR) is 66.8 cm³/mol. The third kappa shape index (κ3) is 2.65. The fraction of sp³-hybridized carbons (Fsp3) is 0.0909. The van der Waals surface area contributed by atoms with Crippen LogP contribution in [0.1, 0.15) is 5.56 Å². The van der Waals surface area contributed by atoms with Gasteiger partial charge in [-0.2, -0.15) is 0 Å². The second-order valence-electron chi connectivity index (χ2n) is 3.17. The van der Waals surface area contributed by atoms with Crippen molar-refractivity contribution < 1.29 is 0 Å². The summed E-state index contributed by atoms with van der Waals surface area (Å²) in [5.41, 5.74) is 0.891. The van der Waals surface area contributed by atoms with Gasteiger partial charge in [0, 0.05) is 16.0 Å². The zero-order valence-corrected chi connectivity index (χ0v) is 10.1. The lowest BCUT2D eigenvalue weighted by molar-refractivity contribution is 0.722. The number of nitrogens with zero attached hydrogens (tertiary/aromatic N) is 2. The van der Waals surface area contributed by atoms with Crippen molar-refractivity contribution in [3.8, 4) is 0 Å². The van der Waals surface area contributed by atoms with E-state index >= 15 is 0 Å². The standard InChI is InChI=1S/C11H9IN2O/c12-10-6-13-11(15)14(8-10)7-9-4-2-1-3-5-9/h1-6,8H,7H2. The van der Waals surface area contributed by atoms with E-state index in [-0.39, 0.29) is 5.69 Å². The first-order valence-electron chi connectivity index (χ1n) is 4.51. The lowest BCUT2D eigenvalue weighted by Gasteiger charge is -2.04. The van der Waals surface area contributed by atoms with Crippen LogP contribution >= 0.6 is 22.6 Å². The molecule has 0 fully saturated rings. The van der Waals surface area contributed by atoms with Crippen LogP contribution in [0.5, 0.6) is 0 Å². The van der Waals surface area contributed by atoms with Gasteiger partial charge >= 0.3 is 5.69 Å². The Balaban J connectivity index is 2.32. The molecule has 0 bridgehead atoms. The van der Waals surface area contributed by atoms with Crippen LogP contribution in [0.4, 0.5) is 0 Å². The molecular formula is C11H9IN2O. The summed E-state index contributed by atoms with van der Waals surface area (Å²) in [6, 6.07) is 9.86. The fourth-order valence-electron chi connectivity index (χ4n) is 1.32. The second-order valence-corrected chi connectivity index (χ2v) is 4.41. The lowest BCUT2D eigenvalue weighted by atomic mass is 10.2. The molecule has 76 valence electrons. The lowest BCUT2D eigenvalue weighted by Crippen LogP contribution is -2.22. The monoisotopic (exact) mass is 312 g/mol. The van der Waals surface area contributed by atoms with Crippen molar-refractivity contribution in [2.24, 2.45) is 0 Å². The van der Waals surface area contributed by atoms with Gasteiger partial charge in [0.1, 0.15) is 0 Å². The first-order chi connectivity index (χ1) is 7.25. The number of hydrogen-bond donors (Lipinski definition) is 0. The van der Waals surface area contributed by atoms with Crippen LogP contribution in [0.25, 0.3) is 0 Å². The van der Waals surface area contributed by atoms with Crippen molar-refractivity contribution in [1.82, 2.24) is 9.55 Å². The molecule has 0 spiro atoms. The van der Waals surface area contributed by atoms with Crippen LogP contribution in [0.15, 0.2) is 47.5 Å². The Hall–Kier alpha value is -1.17. The fourth-order valence-corrected chi connectivity index (χ4v) is 1.80. The summed E-state index contributed by atoms with van der Waals surface area (Å²) < 4.78 is 2.57. The molecule has 0 saturated carbocycles. The van der Waals surface area contributed by atoms with Crippen LogP contribution in [0.2, 0.25) is 0 Å². The Morgan fingerprint density at radius 2 is 2.00 bits per heavy atom. The number of hydrogen-bond acceptors (Lipinski definition) is 2. The van der Waals surface area contributed by atoms with E-state index in [4.69, 9.17) is 0 Å². The molecule has 0 aliphatic rings. The van der Waals surface area contributed by atoms with Crippen LogP contribution in [-0.2, 0) is 6.54 Å². The Kier molecular flexibility index (Phi) is 3.15. The van der Waals surface area contributed by atoms with Crippen molar-refractivity contribution in [2.75, 3.05) is 0 Å². The van der Waals surface area contributed by atoms with E-state index in [0.717, 1.165) is 9.13 Å². The van der Waals surface area contributed by atoms with E-state index in [1.165, 1.54) is 0 Å². The quantitative estimate of drug-likeness (QED) is 0.794. The predicted octanol–water partition coefficient (Wildman–Crippen LogP) is 1.90. The summed E-state index contributed by atoms with van der Waals surface area (Å²) in [5, 5.41) is 0. The zero-order valence-electron chi connectivity index (χ0n) is 7.93. The molecule has 1 aromatic carbocycles. The van der Waals surface area contributed by atoms with Crippen LogP contribution < -0.4 is 5.69 Å². The topological polar surface area (TPSA) is 34.9 Å². The summed E-state index contributed by atoms with van der Waals surface area (Å²) >= 11 is 2.14. The Bertz CT molecular complexity index is 507. The molecule has 2 rings (SSSR count). The number of aromatic nitrogens is 2. The minimum Gasteiger partial charge on any atom is -0.294 e. The van der Waals surface area contributed by atoms with Gasteiger partial charge in [0.15, 0.2) is 0 Å². The maximum Gasteiger partial charge on any atom is 0.347 e. The maximum atomic E-state index is 11.4. The van der Waals surface area contributed by atoms with Gasteiger partial charge in [0.2, 0.25) is 0 Å². The van der Waals surface area contributed by atoms with Crippen molar-refractivity contribution in [3.63, 3.8) is 0 Å². The maximum absolute atomic E-state index is 11.4. The minimum atomic E-state index is -0.209. The van der Waals surface area contributed by atoms with Crippen molar-refractivity contribution in [3.05, 3.63) is 62.3 Å². The summed E-state index contributed by atoms with van der Waals surface area (Å²) in [6.45, 7) is 0.573. The number of rotatable bonds is 2. The van der Waals surface area contributed by atoms with E-state index in [1.807, 2.05) is 36.5 Å². The summed E-state index contributed by atoms with van der Waals surface area (Å²) in [6.07, 6.45) is 3.38. The molecule has 15 heavy (non-hydrogen) atoms. The van der Waals surface area contributed by atoms with Crippen molar-refractivity contribution >= 4 is 22.6 Å². The largest absolute Gasteiger partial charge is 0.347 e. The third-order valence-electron chi connectivity index (χ3n) is 2.02. The van der Waals surface area contributed by atoms with Crippen LogP contribution in [0, 0.1) is 3.57 Å². The van der Waals surface area contributed by atoms with E-state index in [1.54, 1.807) is 10.8 Å². The molecular weight excluding hydrogens is 303 g/mol. The van der Waals surface area contributed by atoms with Crippen LogP contribution in [0.3, 0.4) is 0 Å². The average Bonchev–Trinajstić information content (AvgIpc) is 2.25. The van der Waals surface area contributed by atoms with Gasteiger partial charge in [-0.1, -0.05) is 30.3 Å². The van der Waals surface area contributed by atoms with Crippen LogP contribution in [-0.4, -0.2) is 9.55 Å². The van der Waals surface area contributed by atoms with E-state index in [0.29, 0.717) is 6.54 Å². The molecule has 1 aromatic heterocycles. The number of halogens is 1. The number of benzene rings is 1. The highest BCUT2D eigenvalue weighted by molar-refractivity contribution is 14.1. The van der Waals surface area contributed by atoms with E-state index in [9.17, 15) is 4.79 Å². The van der Waals surface area contributed by atoms with Gasteiger partial charge in [-0.15, -0.1) is 0 Å². The Morgan fingerprint density at radius 1 is 1.27 bits per heavy atom. The first kappa shape index (κ1) is 10.4. The highest BCUT2D eigenvalue weighted by Gasteiger charge is 1.98. The van der Waals surface area contributed by atoms with Gasteiger partial charge in [-0.25, -0.2) is 9.78 Å². The molecule has 0 amide bonds. The summed E-state index contributed by atoms with van der Waals surface area (Å²) in [5.74, 6) is 0. The van der Waals surface area contributed by atoms with E-state index in [2.05, 4.69) is 27.6 Å².